The molecule has 3 heteroatoms. The van der Waals surface area contributed by atoms with Crippen LogP contribution in [0.2, 0.25) is 0 Å². The van der Waals surface area contributed by atoms with Gasteiger partial charge in [-0.25, -0.2) is 0 Å². The molecular weight excluding hydrogens is 334 g/mol. The number of allylic oxidation sites excluding steroid dienone is 1. The van der Waals surface area contributed by atoms with Crippen LogP contribution in [-0.4, -0.2) is 36.0 Å². The number of fused-ring (bicyclic) bond motifs is 1. The van der Waals surface area contributed by atoms with Crippen molar-refractivity contribution in [1.82, 2.24) is 5.32 Å². The summed E-state index contributed by atoms with van der Waals surface area (Å²) >= 11 is 0. The number of nitrogens with one attached hydrogen (secondary N) is 1. The predicted octanol–water partition coefficient (Wildman–Crippen LogP) is 4.00. The third-order valence-electron chi connectivity index (χ3n) is 9.33. The molecule has 27 heavy (non-hydrogen) atoms. The van der Waals surface area contributed by atoms with E-state index in [1.54, 1.807) is 0 Å². The summed E-state index contributed by atoms with van der Waals surface area (Å²) in [5.74, 6) is 4.94. The van der Waals surface area contributed by atoms with Gasteiger partial charge in [-0.2, -0.15) is 0 Å². The van der Waals surface area contributed by atoms with Gasteiger partial charge in [-0.15, -0.1) is 0 Å². The molecule has 4 fully saturated rings. The molecule has 0 spiro atoms. The van der Waals surface area contributed by atoms with Crippen LogP contribution in [0.5, 0.6) is 0 Å². The first-order valence-corrected chi connectivity index (χ1v) is 11.6. The largest absolute Gasteiger partial charge is 0.396 e. The Balaban J connectivity index is 1.52. The summed E-state index contributed by atoms with van der Waals surface area (Å²) in [5.41, 5.74) is 1.67. The van der Waals surface area contributed by atoms with E-state index in [1.807, 2.05) is 0 Å². The first kappa shape index (κ1) is 19.9. The van der Waals surface area contributed by atoms with Crippen molar-refractivity contribution in [2.24, 2.45) is 46.8 Å². The van der Waals surface area contributed by atoms with Gasteiger partial charge in [0.25, 0.3) is 0 Å². The van der Waals surface area contributed by atoms with Crippen molar-refractivity contribution in [3.05, 3.63) is 12.2 Å². The smallest absolute Gasteiger partial charge is 0.0544 e. The molecule has 0 aliphatic heterocycles. The van der Waals surface area contributed by atoms with Gasteiger partial charge in [0, 0.05) is 6.61 Å². The van der Waals surface area contributed by atoms with E-state index in [0.717, 1.165) is 49.5 Å². The van der Waals surface area contributed by atoms with Crippen molar-refractivity contribution < 1.29 is 10.2 Å². The summed E-state index contributed by atoms with van der Waals surface area (Å²) in [7, 11) is 0. The number of hydrogen-bond acceptors (Lipinski definition) is 3. The molecule has 4 rings (SSSR count). The molecule has 0 aromatic carbocycles. The van der Waals surface area contributed by atoms with Gasteiger partial charge >= 0.3 is 0 Å². The number of hydrogen-bond donors (Lipinski definition) is 3. The SMILES string of the molecule is C=C1CCC2C1CCC([C@@]1(C)CC[C@H](O)C[C@@H]1CO)[C@H]2CNCC1CC1C. The van der Waals surface area contributed by atoms with Crippen LogP contribution in [0.3, 0.4) is 0 Å². The summed E-state index contributed by atoms with van der Waals surface area (Å²) in [5, 5.41) is 24.2. The molecule has 0 heterocycles. The lowest BCUT2D eigenvalue weighted by atomic mass is 9.52. The number of aliphatic hydroxyl groups is 2. The molecule has 4 aliphatic carbocycles. The van der Waals surface area contributed by atoms with Crippen molar-refractivity contribution >= 4 is 0 Å². The highest BCUT2D eigenvalue weighted by molar-refractivity contribution is 5.14. The quantitative estimate of drug-likeness (QED) is 0.615. The van der Waals surface area contributed by atoms with E-state index in [1.165, 1.54) is 44.2 Å². The van der Waals surface area contributed by atoms with Crippen LogP contribution in [0.4, 0.5) is 0 Å². The maximum Gasteiger partial charge on any atom is 0.0544 e. The van der Waals surface area contributed by atoms with Crippen molar-refractivity contribution in [2.45, 2.75) is 71.3 Å². The van der Waals surface area contributed by atoms with E-state index in [2.05, 4.69) is 25.7 Å². The molecule has 0 amide bonds. The first-order valence-electron chi connectivity index (χ1n) is 11.6. The standard InChI is InChI=1S/C24H41NO2/c1-15-4-5-21-20(15)6-7-23(22(21)13-25-12-17-10-16(17)2)24(3)9-8-19(27)11-18(24)14-26/h16-23,25-27H,1,4-14H2,2-3H3/t16?,17?,18-,19+,20?,21?,22+,23?,24+/m1/s1. The van der Waals surface area contributed by atoms with Crippen LogP contribution in [0.25, 0.3) is 0 Å². The van der Waals surface area contributed by atoms with Crippen LogP contribution in [0.15, 0.2) is 12.2 Å². The average molecular weight is 376 g/mol. The average Bonchev–Trinajstić information content (AvgIpc) is 3.23. The minimum Gasteiger partial charge on any atom is -0.396 e. The lowest BCUT2D eigenvalue weighted by Crippen LogP contribution is -2.51. The van der Waals surface area contributed by atoms with Crippen LogP contribution >= 0.6 is 0 Å². The summed E-state index contributed by atoms with van der Waals surface area (Å²) < 4.78 is 0. The fraction of sp³-hybridized carbons (Fsp3) is 0.917. The van der Waals surface area contributed by atoms with Gasteiger partial charge in [0.05, 0.1) is 6.10 Å². The summed E-state index contributed by atoms with van der Waals surface area (Å²) in [6, 6.07) is 0. The lowest BCUT2D eigenvalue weighted by molar-refractivity contribution is -0.0825. The van der Waals surface area contributed by atoms with E-state index in [9.17, 15) is 10.2 Å². The lowest BCUT2D eigenvalue weighted by Gasteiger charge is -2.54. The second kappa shape index (κ2) is 7.80. The fourth-order valence-electron chi connectivity index (χ4n) is 7.24. The third-order valence-corrected chi connectivity index (χ3v) is 9.33. The van der Waals surface area contributed by atoms with E-state index in [0.29, 0.717) is 11.8 Å². The highest BCUT2D eigenvalue weighted by Crippen LogP contribution is 2.58. The van der Waals surface area contributed by atoms with Crippen LogP contribution < -0.4 is 5.32 Å². The van der Waals surface area contributed by atoms with E-state index in [-0.39, 0.29) is 24.0 Å². The molecule has 3 nitrogen and oxygen atoms in total. The van der Waals surface area contributed by atoms with Crippen molar-refractivity contribution in [3.63, 3.8) is 0 Å². The van der Waals surface area contributed by atoms with E-state index >= 15 is 0 Å². The zero-order valence-corrected chi connectivity index (χ0v) is 17.5. The minimum atomic E-state index is -0.217. The zero-order chi connectivity index (χ0) is 19.2. The zero-order valence-electron chi connectivity index (χ0n) is 17.5. The molecule has 0 bridgehead atoms. The molecule has 4 aliphatic rings. The van der Waals surface area contributed by atoms with Gasteiger partial charge in [-0.3, -0.25) is 0 Å². The van der Waals surface area contributed by atoms with Crippen molar-refractivity contribution in [3.8, 4) is 0 Å². The van der Waals surface area contributed by atoms with Crippen molar-refractivity contribution in [2.75, 3.05) is 19.7 Å². The van der Waals surface area contributed by atoms with Gasteiger partial charge in [0.15, 0.2) is 0 Å². The maximum atomic E-state index is 10.2. The Kier molecular flexibility index (Phi) is 5.75. The number of aliphatic hydroxyl groups excluding tert-OH is 2. The van der Waals surface area contributed by atoms with E-state index in [4.69, 9.17) is 0 Å². The minimum absolute atomic E-state index is 0.169. The van der Waals surface area contributed by atoms with Gasteiger partial charge < -0.3 is 15.5 Å². The molecule has 9 atom stereocenters. The molecule has 0 aromatic rings. The van der Waals surface area contributed by atoms with Gasteiger partial charge in [0.1, 0.15) is 0 Å². The summed E-state index contributed by atoms with van der Waals surface area (Å²) in [4.78, 5) is 0. The molecular formula is C24H41NO2. The molecule has 0 radical (unpaired) electrons. The second-order valence-electron chi connectivity index (χ2n) is 10.8. The highest BCUT2D eigenvalue weighted by Gasteiger charge is 2.52. The fourth-order valence-corrected chi connectivity index (χ4v) is 7.24. The topological polar surface area (TPSA) is 52.5 Å². The molecule has 3 N–H and O–H groups in total. The second-order valence-corrected chi connectivity index (χ2v) is 10.8. The third kappa shape index (κ3) is 3.76. The van der Waals surface area contributed by atoms with Gasteiger partial charge in [0.2, 0.25) is 0 Å². The Labute approximate surface area is 166 Å². The van der Waals surface area contributed by atoms with Crippen LogP contribution in [-0.2, 0) is 0 Å². The monoisotopic (exact) mass is 375 g/mol. The van der Waals surface area contributed by atoms with Crippen molar-refractivity contribution in [1.29, 1.82) is 0 Å². The molecule has 0 saturated heterocycles. The summed E-state index contributed by atoms with van der Waals surface area (Å²) in [6.45, 7) is 11.8. The molecule has 0 aromatic heterocycles. The van der Waals surface area contributed by atoms with Gasteiger partial charge in [-0.1, -0.05) is 26.0 Å². The molecule has 154 valence electrons. The Morgan fingerprint density at radius 1 is 1.15 bits per heavy atom. The highest BCUT2D eigenvalue weighted by atomic mass is 16.3. The van der Waals surface area contributed by atoms with Crippen LogP contribution in [0.1, 0.15) is 65.2 Å². The number of rotatable bonds is 6. The Hall–Kier alpha value is -0.380. The Bertz CT molecular complexity index is 548. The van der Waals surface area contributed by atoms with E-state index < -0.39 is 0 Å². The first-order chi connectivity index (χ1) is 12.9. The Morgan fingerprint density at radius 2 is 1.93 bits per heavy atom. The predicted molar refractivity (Wildman–Crippen MR) is 110 cm³/mol. The van der Waals surface area contributed by atoms with Crippen LogP contribution in [0, 0.1) is 46.8 Å². The summed E-state index contributed by atoms with van der Waals surface area (Å²) in [6.07, 6.45) is 9.03. The normalized spacial score (nSPS) is 49.9. The van der Waals surface area contributed by atoms with Gasteiger partial charge in [-0.05, 0) is 111 Å². The maximum absolute atomic E-state index is 10.2. The Morgan fingerprint density at radius 3 is 2.63 bits per heavy atom. The molecule has 4 saturated carbocycles. The molecule has 5 unspecified atom stereocenters.